The number of nitrogens with one attached hydrogen (secondary N) is 1. The first kappa shape index (κ1) is 15.3. The van der Waals surface area contributed by atoms with Crippen molar-refractivity contribution in [3.05, 3.63) is 58.7 Å². The summed E-state index contributed by atoms with van der Waals surface area (Å²) in [5.41, 5.74) is 4.53. The number of benzene rings is 2. The van der Waals surface area contributed by atoms with Gasteiger partial charge in [0.15, 0.2) is 12.4 Å². The largest absolute Gasteiger partial charge is 0.483 e. The van der Waals surface area contributed by atoms with Crippen LogP contribution < -0.4 is 10.1 Å². The number of ether oxygens (including phenoxy) is 1. The van der Waals surface area contributed by atoms with Gasteiger partial charge in [-0.1, -0.05) is 24.3 Å². The van der Waals surface area contributed by atoms with Crippen molar-refractivity contribution in [2.24, 2.45) is 0 Å². The number of hydrogen-bond donors (Lipinski definition) is 1. The third kappa shape index (κ3) is 3.26. The van der Waals surface area contributed by atoms with Gasteiger partial charge in [-0.3, -0.25) is 9.59 Å². The molecule has 4 nitrogen and oxygen atoms in total. The highest BCUT2D eigenvalue weighted by Crippen LogP contribution is 2.30. The molecule has 1 amide bonds. The number of fused-ring (bicyclic) bond motifs is 1. The van der Waals surface area contributed by atoms with Crippen molar-refractivity contribution < 1.29 is 14.3 Å². The number of hydrogen-bond acceptors (Lipinski definition) is 3. The zero-order chi connectivity index (χ0) is 16.4. The maximum absolute atomic E-state index is 12.1. The highest BCUT2D eigenvalue weighted by molar-refractivity contribution is 6.01. The lowest BCUT2D eigenvalue weighted by Gasteiger charge is -2.12. The van der Waals surface area contributed by atoms with E-state index in [2.05, 4.69) is 5.32 Å². The first-order valence-corrected chi connectivity index (χ1v) is 7.69. The summed E-state index contributed by atoms with van der Waals surface area (Å²) in [6.07, 6.45) is 1.20. The lowest BCUT2D eigenvalue weighted by atomic mass is 10.1. The quantitative estimate of drug-likeness (QED) is 0.941. The van der Waals surface area contributed by atoms with E-state index in [1.54, 1.807) is 6.07 Å². The zero-order valence-corrected chi connectivity index (χ0v) is 13.3. The highest BCUT2D eigenvalue weighted by Gasteiger charge is 2.22. The Labute approximate surface area is 135 Å². The molecule has 1 aliphatic rings. The average Bonchev–Trinajstić information content (AvgIpc) is 2.91. The number of rotatable bonds is 4. The molecule has 4 heteroatoms. The monoisotopic (exact) mass is 309 g/mol. The summed E-state index contributed by atoms with van der Waals surface area (Å²) in [5, 5.41) is 2.87. The minimum Gasteiger partial charge on any atom is -0.483 e. The first-order valence-electron chi connectivity index (χ1n) is 7.69. The second kappa shape index (κ2) is 6.24. The van der Waals surface area contributed by atoms with Gasteiger partial charge in [-0.15, -0.1) is 0 Å². The summed E-state index contributed by atoms with van der Waals surface area (Å²) in [6, 6.07) is 11.3. The third-order valence-corrected chi connectivity index (χ3v) is 4.06. The van der Waals surface area contributed by atoms with Crippen LogP contribution in [0.4, 0.5) is 5.69 Å². The molecule has 0 radical (unpaired) electrons. The van der Waals surface area contributed by atoms with Crippen LogP contribution >= 0.6 is 0 Å². The molecule has 118 valence electrons. The van der Waals surface area contributed by atoms with E-state index in [9.17, 15) is 9.59 Å². The van der Waals surface area contributed by atoms with Crippen molar-refractivity contribution in [1.82, 2.24) is 0 Å². The summed E-state index contributed by atoms with van der Waals surface area (Å²) < 4.78 is 5.64. The smallest absolute Gasteiger partial charge is 0.262 e. The van der Waals surface area contributed by atoms with E-state index >= 15 is 0 Å². The van der Waals surface area contributed by atoms with Gasteiger partial charge in [0.05, 0.1) is 0 Å². The standard InChI is InChI=1S/C19H19NO3/c1-12-6-7-13(2)16(10-12)20-19(22)11-23-18-5-3-4-14-15(18)8-9-17(14)21/h3-7,10H,8-9,11H2,1-2H3,(H,20,22). The maximum Gasteiger partial charge on any atom is 0.262 e. The van der Waals surface area contributed by atoms with Gasteiger partial charge in [-0.05, 0) is 43.5 Å². The number of anilines is 1. The molecule has 0 heterocycles. The van der Waals surface area contributed by atoms with Crippen LogP contribution in [0.2, 0.25) is 0 Å². The van der Waals surface area contributed by atoms with Gasteiger partial charge in [0.25, 0.3) is 5.91 Å². The zero-order valence-electron chi connectivity index (χ0n) is 13.3. The first-order chi connectivity index (χ1) is 11.0. The molecule has 3 rings (SSSR count). The fourth-order valence-corrected chi connectivity index (χ4v) is 2.79. The van der Waals surface area contributed by atoms with Crippen LogP contribution in [0.3, 0.4) is 0 Å². The fraction of sp³-hybridized carbons (Fsp3) is 0.263. The minimum absolute atomic E-state index is 0.0714. The van der Waals surface area contributed by atoms with E-state index in [4.69, 9.17) is 4.74 Å². The van der Waals surface area contributed by atoms with E-state index in [0.29, 0.717) is 18.6 Å². The fourth-order valence-electron chi connectivity index (χ4n) is 2.79. The summed E-state index contributed by atoms with van der Waals surface area (Å²) in [6.45, 7) is 3.86. The van der Waals surface area contributed by atoms with Crippen LogP contribution in [0.25, 0.3) is 0 Å². The molecular formula is C19H19NO3. The Hall–Kier alpha value is -2.62. The molecule has 0 saturated carbocycles. The molecule has 1 N–H and O–H groups in total. The average molecular weight is 309 g/mol. The van der Waals surface area contributed by atoms with Crippen LogP contribution in [-0.2, 0) is 11.2 Å². The summed E-state index contributed by atoms with van der Waals surface area (Å²) in [7, 11) is 0. The van der Waals surface area contributed by atoms with E-state index in [-0.39, 0.29) is 18.3 Å². The molecule has 0 aliphatic heterocycles. The highest BCUT2D eigenvalue weighted by atomic mass is 16.5. The Kier molecular flexibility index (Phi) is 4.15. The van der Waals surface area contributed by atoms with Gasteiger partial charge in [0.1, 0.15) is 5.75 Å². The second-order valence-electron chi connectivity index (χ2n) is 5.86. The van der Waals surface area contributed by atoms with Crippen molar-refractivity contribution in [2.75, 3.05) is 11.9 Å². The second-order valence-corrected chi connectivity index (χ2v) is 5.86. The number of ketones is 1. The molecule has 23 heavy (non-hydrogen) atoms. The molecule has 0 unspecified atom stereocenters. The van der Waals surface area contributed by atoms with Gasteiger partial charge in [-0.2, -0.15) is 0 Å². The summed E-state index contributed by atoms with van der Waals surface area (Å²) >= 11 is 0. The molecule has 0 spiro atoms. The van der Waals surface area contributed by atoms with E-state index in [0.717, 1.165) is 27.9 Å². The molecule has 1 aliphatic carbocycles. The number of aryl methyl sites for hydroxylation is 2. The van der Waals surface area contributed by atoms with Crippen molar-refractivity contribution in [1.29, 1.82) is 0 Å². The van der Waals surface area contributed by atoms with E-state index in [1.807, 2.05) is 44.2 Å². The molecule has 0 saturated heterocycles. The molecule has 0 bridgehead atoms. The normalized spacial score (nSPS) is 12.9. The molecule has 0 aromatic heterocycles. The summed E-state index contributed by atoms with van der Waals surface area (Å²) in [4.78, 5) is 23.8. The predicted molar refractivity (Wildman–Crippen MR) is 89.1 cm³/mol. The van der Waals surface area contributed by atoms with Crippen LogP contribution in [0.1, 0.15) is 33.5 Å². The Morgan fingerprint density at radius 2 is 2.00 bits per heavy atom. The van der Waals surface area contributed by atoms with Gasteiger partial charge >= 0.3 is 0 Å². The van der Waals surface area contributed by atoms with Crippen LogP contribution in [0.5, 0.6) is 5.75 Å². The number of carbonyl (C=O) groups excluding carboxylic acids is 2. The van der Waals surface area contributed by atoms with Crippen molar-refractivity contribution in [2.45, 2.75) is 26.7 Å². The van der Waals surface area contributed by atoms with Gasteiger partial charge in [0, 0.05) is 23.2 Å². The van der Waals surface area contributed by atoms with E-state index in [1.165, 1.54) is 0 Å². The molecule has 2 aromatic rings. The lowest BCUT2D eigenvalue weighted by Crippen LogP contribution is -2.21. The molecule has 0 atom stereocenters. The Morgan fingerprint density at radius 3 is 2.83 bits per heavy atom. The number of Topliss-reactive ketones (excluding diaryl/α,β-unsaturated/α-hetero) is 1. The molecular weight excluding hydrogens is 290 g/mol. The van der Waals surface area contributed by atoms with Crippen LogP contribution in [0, 0.1) is 13.8 Å². The molecule has 0 fully saturated rings. The Morgan fingerprint density at radius 1 is 1.17 bits per heavy atom. The van der Waals surface area contributed by atoms with Gasteiger partial charge in [0.2, 0.25) is 0 Å². The summed E-state index contributed by atoms with van der Waals surface area (Å²) in [5.74, 6) is 0.565. The van der Waals surface area contributed by atoms with Gasteiger partial charge < -0.3 is 10.1 Å². The molecule has 2 aromatic carbocycles. The third-order valence-electron chi connectivity index (χ3n) is 4.06. The minimum atomic E-state index is -0.208. The SMILES string of the molecule is Cc1ccc(C)c(NC(=O)COc2cccc3c2CCC3=O)c1. The van der Waals surface area contributed by atoms with E-state index < -0.39 is 0 Å². The lowest BCUT2D eigenvalue weighted by molar-refractivity contribution is -0.118. The van der Waals surface area contributed by atoms with Crippen molar-refractivity contribution in [3.63, 3.8) is 0 Å². The number of amides is 1. The topological polar surface area (TPSA) is 55.4 Å². The Balaban J connectivity index is 1.66. The maximum atomic E-state index is 12.1. The predicted octanol–water partition coefficient (Wildman–Crippen LogP) is 3.45. The van der Waals surface area contributed by atoms with Crippen molar-refractivity contribution >= 4 is 17.4 Å². The van der Waals surface area contributed by atoms with Gasteiger partial charge in [-0.25, -0.2) is 0 Å². The number of carbonyl (C=O) groups is 2. The Bertz CT molecular complexity index is 780. The van der Waals surface area contributed by atoms with Crippen molar-refractivity contribution in [3.8, 4) is 5.75 Å². The van der Waals surface area contributed by atoms with Crippen LogP contribution in [0.15, 0.2) is 36.4 Å². The van der Waals surface area contributed by atoms with Crippen LogP contribution in [-0.4, -0.2) is 18.3 Å².